The monoisotopic (exact) mass is 249 g/mol. The molecule has 0 N–H and O–H groups in total. The van der Waals surface area contributed by atoms with Crippen molar-refractivity contribution in [2.75, 3.05) is 13.7 Å². The number of methoxy groups -OCH3 is 1. The molecule has 1 aromatic heterocycles. The molecule has 0 fully saturated rings. The van der Waals surface area contributed by atoms with Crippen molar-refractivity contribution in [1.82, 2.24) is 4.98 Å². The van der Waals surface area contributed by atoms with Crippen molar-refractivity contribution in [3.63, 3.8) is 0 Å². The molecule has 0 bridgehead atoms. The van der Waals surface area contributed by atoms with Gasteiger partial charge in [-0.25, -0.2) is 4.98 Å². The highest BCUT2D eigenvalue weighted by molar-refractivity contribution is 5.79. The minimum atomic E-state index is -0.772. The van der Waals surface area contributed by atoms with E-state index < -0.39 is 5.41 Å². The Hall–Kier alpha value is -1.84. The number of rotatable bonds is 6. The highest BCUT2D eigenvalue weighted by atomic mass is 16.5. The summed E-state index contributed by atoms with van der Waals surface area (Å²) in [4.78, 5) is 16.1. The number of aromatic nitrogens is 1. The van der Waals surface area contributed by atoms with Crippen LogP contribution in [0.2, 0.25) is 0 Å². The lowest BCUT2D eigenvalue weighted by Crippen LogP contribution is -2.30. The summed E-state index contributed by atoms with van der Waals surface area (Å²) in [6, 6.07) is 3.69. The molecule has 0 radical (unpaired) electrons. The zero-order chi connectivity index (χ0) is 13.6. The Labute approximate surface area is 108 Å². The fourth-order valence-electron chi connectivity index (χ4n) is 1.66. The van der Waals surface area contributed by atoms with Crippen molar-refractivity contribution < 1.29 is 14.3 Å². The summed E-state index contributed by atoms with van der Waals surface area (Å²) in [7, 11) is 1.56. The third-order valence-electron chi connectivity index (χ3n) is 2.79. The number of carbonyl (C=O) groups is 1. The van der Waals surface area contributed by atoms with E-state index in [2.05, 4.69) is 11.6 Å². The fourth-order valence-corrected chi connectivity index (χ4v) is 1.66. The van der Waals surface area contributed by atoms with Gasteiger partial charge in [-0.05, 0) is 26.3 Å². The first-order valence-corrected chi connectivity index (χ1v) is 5.86. The molecule has 1 rings (SSSR count). The highest BCUT2D eigenvalue weighted by Crippen LogP contribution is 2.29. The molecule has 1 atom stereocenters. The average Bonchev–Trinajstić information content (AvgIpc) is 2.39. The molecule has 0 aliphatic heterocycles. The molecule has 0 aromatic carbocycles. The predicted molar refractivity (Wildman–Crippen MR) is 69.4 cm³/mol. The molecule has 0 aliphatic carbocycles. The van der Waals surface area contributed by atoms with Gasteiger partial charge in [0.05, 0.1) is 19.1 Å². The summed E-state index contributed by atoms with van der Waals surface area (Å²) in [5.74, 6) is 0.237. The molecular weight excluding hydrogens is 230 g/mol. The minimum absolute atomic E-state index is 0.286. The van der Waals surface area contributed by atoms with E-state index in [9.17, 15) is 4.79 Å². The predicted octanol–water partition coefficient (Wildman–Crippen LogP) is 2.39. The van der Waals surface area contributed by atoms with E-state index in [0.29, 0.717) is 18.9 Å². The van der Waals surface area contributed by atoms with Gasteiger partial charge in [0.1, 0.15) is 0 Å². The first-order chi connectivity index (χ1) is 8.57. The number of hydrogen-bond donors (Lipinski definition) is 0. The largest absolute Gasteiger partial charge is 0.481 e. The van der Waals surface area contributed by atoms with Crippen LogP contribution in [-0.4, -0.2) is 24.7 Å². The van der Waals surface area contributed by atoms with Crippen LogP contribution in [0.4, 0.5) is 0 Å². The standard InChI is InChI=1S/C14H19NO3/c1-5-14(3,13(16)18-6-2)10-11-8-7-9-15-12(11)17-4/h5,7-9H,1,6,10H2,2-4H3. The summed E-state index contributed by atoms with van der Waals surface area (Å²) in [5, 5.41) is 0. The second kappa shape index (κ2) is 6.19. The third-order valence-corrected chi connectivity index (χ3v) is 2.79. The molecule has 0 saturated heterocycles. The number of nitrogens with zero attached hydrogens (tertiary/aromatic N) is 1. The van der Waals surface area contributed by atoms with Gasteiger partial charge in [-0.1, -0.05) is 12.1 Å². The molecule has 4 heteroatoms. The number of hydrogen-bond acceptors (Lipinski definition) is 4. The lowest BCUT2D eigenvalue weighted by Gasteiger charge is -2.23. The molecule has 0 amide bonds. The van der Waals surface area contributed by atoms with E-state index in [4.69, 9.17) is 9.47 Å². The average molecular weight is 249 g/mol. The summed E-state index contributed by atoms with van der Waals surface area (Å²) < 4.78 is 10.3. The lowest BCUT2D eigenvalue weighted by atomic mass is 9.84. The van der Waals surface area contributed by atoms with Crippen molar-refractivity contribution in [1.29, 1.82) is 0 Å². The third kappa shape index (κ3) is 3.09. The lowest BCUT2D eigenvalue weighted by molar-refractivity contribution is -0.151. The topological polar surface area (TPSA) is 48.4 Å². The Balaban J connectivity index is 2.98. The minimum Gasteiger partial charge on any atom is -0.481 e. The van der Waals surface area contributed by atoms with Gasteiger partial charge < -0.3 is 9.47 Å². The van der Waals surface area contributed by atoms with Crippen molar-refractivity contribution in [3.05, 3.63) is 36.5 Å². The van der Waals surface area contributed by atoms with Crippen LogP contribution in [0.15, 0.2) is 31.0 Å². The van der Waals surface area contributed by atoms with Gasteiger partial charge in [0.2, 0.25) is 5.88 Å². The second-order valence-electron chi connectivity index (χ2n) is 4.19. The Morgan fingerprint density at radius 3 is 2.89 bits per heavy atom. The van der Waals surface area contributed by atoms with E-state index in [1.165, 1.54) is 0 Å². The molecule has 18 heavy (non-hydrogen) atoms. The summed E-state index contributed by atoms with van der Waals surface area (Å²) in [6.07, 6.45) is 3.71. The van der Waals surface area contributed by atoms with Gasteiger partial charge in [0, 0.05) is 11.8 Å². The number of esters is 1. The van der Waals surface area contributed by atoms with E-state index in [0.717, 1.165) is 5.56 Å². The maximum Gasteiger partial charge on any atom is 0.315 e. The molecule has 0 aliphatic rings. The first kappa shape index (κ1) is 14.2. The van der Waals surface area contributed by atoms with Gasteiger partial charge in [-0.3, -0.25) is 4.79 Å². The van der Waals surface area contributed by atoms with Crippen LogP contribution in [0.25, 0.3) is 0 Å². The van der Waals surface area contributed by atoms with Gasteiger partial charge in [-0.2, -0.15) is 0 Å². The number of ether oxygens (including phenoxy) is 2. The fraction of sp³-hybridized carbons (Fsp3) is 0.429. The van der Waals surface area contributed by atoms with E-state index in [1.54, 1.807) is 33.2 Å². The summed E-state index contributed by atoms with van der Waals surface area (Å²) in [5.41, 5.74) is 0.0854. The zero-order valence-corrected chi connectivity index (χ0v) is 11.1. The normalized spacial score (nSPS) is 13.5. The van der Waals surface area contributed by atoms with Crippen LogP contribution in [0.3, 0.4) is 0 Å². The number of pyridine rings is 1. The van der Waals surface area contributed by atoms with Crippen molar-refractivity contribution >= 4 is 5.97 Å². The molecule has 1 heterocycles. The van der Waals surface area contributed by atoms with Crippen LogP contribution >= 0.6 is 0 Å². The quantitative estimate of drug-likeness (QED) is 0.573. The molecule has 98 valence electrons. The maximum atomic E-state index is 11.9. The molecular formula is C14H19NO3. The molecule has 1 unspecified atom stereocenters. The molecule has 0 spiro atoms. The zero-order valence-electron chi connectivity index (χ0n) is 11.1. The molecule has 0 saturated carbocycles. The SMILES string of the molecule is C=CC(C)(Cc1cccnc1OC)C(=O)OCC. The van der Waals surface area contributed by atoms with Crippen molar-refractivity contribution in [2.24, 2.45) is 5.41 Å². The van der Waals surface area contributed by atoms with Crippen LogP contribution in [0.1, 0.15) is 19.4 Å². The Bertz CT molecular complexity index is 431. The Kier molecular flexibility index (Phi) is 4.89. The Morgan fingerprint density at radius 2 is 2.33 bits per heavy atom. The first-order valence-electron chi connectivity index (χ1n) is 5.86. The van der Waals surface area contributed by atoms with Crippen LogP contribution < -0.4 is 4.74 Å². The van der Waals surface area contributed by atoms with Gasteiger partial charge in [-0.15, -0.1) is 6.58 Å². The van der Waals surface area contributed by atoms with E-state index >= 15 is 0 Å². The maximum absolute atomic E-state index is 11.9. The highest BCUT2D eigenvalue weighted by Gasteiger charge is 2.32. The van der Waals surface area contributed by atoms with Gasteiger partial charge in [0.25, 0.3) is 0 Å². The van der Waals surface area contributed by atoms with E-state index in [-0.39, 0.29) is 5.97 Å². The van der Waals surface area contributed by atoms with Crippen LogP contribution in [-0.2, 0) is 16.0 Å². The van der Waals surface area contributed by atoms with Gasteiger partial charge in [0.15, 0.2) is 0 Å². The van der Waals surface area contributed by atoms with Crippen molar-refractivity contribution in [3.8, 4) is 5.88 Å². The van der Waals surface area contributed by atoms with Crippen LogP contribution in [0, 0.1) is 5.41 Å². The molecule has 1 aromatic rings. The van der Waals surface area contributed by atoms with Crippen LogP contribution in [0.5, 0.6) is 5.88 Å². The number of carbonyl (C=O) groups excluding carboxylic acids is 1. The van der Waals surface area contributed by atoms with Gasteiger partial charge >= 0.3 is 5.97 Å². The molecule has 4 nitrogen and oxygen atoms in total. The smallest absolute Gasteiger partial charge is 0.315 e. The van der Waals surface area contributed by atoms with E-state index in [1.807, 2.05) is 12.1 Å². The summed E-state index contributed by atoms with van der Waals surface area (Å²) in [6.45, 7) is 7.66. The summed E-state index contributed by atoms with van der Waals surface area (Å²) >= 11 is 0. The Morgan fingerprint density at radius 1 is 1.61 bits per heavy atom. The van der Waals surface area contributed by atoms with Crippen molar-refractivity contribution in [2.45, 2.75) is 20.3 Å². The second-order valence-corrected chi connectivity index (χ2v) is 4.19.